The van der Waals surface area contributed by atoms with Crippen LogP contribution in [-0.4, -0.2) is 64.0 Å². The number of aliphatic carboxylic acids is 2. The zero-order valence-electron chi connectivity index (χ0n) is 20.8. The van der Waals surface area contributed by atoms with E-state index >= 15 is 0 Å². The van der Waals surface area contributed by atoms with Gasteiger partial charge in [0, 0.05) is 37.3 Å². The standard InChI is InChI=1S/C26H28N2O.C4H4O4/c29-26-25-8-4-3-7-24(25)19-28(26)18-21-12-15-27(16-13-21)14-11-20-9-10-22-5-1-2-6-23(22)17-20;5-3(6)1-2-4(7)8/h1-10,17,21H,11-16,18-19H2;1-2H,(H,5,6)(H,7,8)/b;2-1+. The van der Waals surface area contributed by atoms with Crippen LogP contribution in [0.15, 0.2) is 78.9 Å². The van der Waals surface area contributed by atoms with E-state index in [0.29, 0.717) is 18.1 Å². The quantitative estimate of drug-likeness (QED) is 0.465. The summed E-state index contributed by atoms with van der Waals surface area (Å²) >= 11 is 0. The van der Waals surface area contributed by atoms with Crippen LogP contribution in [0.2, 0.25) is 0 Å². The number of nitrogens with zero attached hydrogens (tertiary/aromatic N) is 2. The molecule has 0 unspecified atom stereocenters. The molecule has 0 spiro atoms. The first-order valence-corrected chi connectivity index (χ1v) is 12.6. The van der Waals surface area contributed by atoms with E-state index < -0.39 is 11.9 Å². The van der Waals surface area contributed by atoms with Crippen molar-refractivity contribution in [2.24, 2.45) is 5.92 Å². The molecule has 2 heterocycles. The lowest BCUT2D eigenvalue weighted by molar-refractivity contribution is -0.134. The maximum atomic E-state index is 12.6. The van der Waals surface area contributed by atoms with Gasteiger partial charge in [0.05, 0.1) is 0 Å². The lowest BCUT2D eigenvalue weighted by Crippen LogP contribution is -2.39. The lowest BCUT2D eigenvalue weighted by Gasteiger charge is -2.33. The van der Waals surface area contributed by atoms with Gasteiger partial charge in [0.25, 0.3) is 5.91 Å². The minimum atomic E-state index is -1.26. The van der Waals surface area contributed by atoms with Gasteiger partial charge in [-0.3, -0.25) is 4.79 Å². The molecule has 7 heteroatoms. The second-order valence-corrected chi connectivity index (χ2v) is 9.57. The van der Waals surface area contributed by atoms with Crippen molar-refractivity contribution in [3.8, 4) is 0 Å². The average Bonchev–Trinajstić information content (AvgIpc) is 3.22. The van der Waals surface area contributed by atoms with Gasteiger partial charge in [-0.2, -0.15) is 0 Å². The number of hydrogen-bond acceptors (Lipinski definition) is 4. The zero-order chi connectivity index (χ0) is 26.2. The van der Waals surface area contributed by atoms with Crippen LogP contribution < -0.4 is 0 Å². The molecule has 192 valence electrons. The fourth-order valence-electron chi connectivity index (χ4n) is 4.99. The van der Waals surface area contributed by atoms with E-state index in [0.717, 1.165) is 44.7 Å². The molecule has 0 aliphatic carbocycles. The summed E-state index contributed by atoms with van der Waals surface area (Å²) in [6.07, 6.45) is 4.61. The van der Waals surface area contributed by atoms with Gasteiger partial charge in [-0.15, -0.1) is 0 Å². The van der Waals surface area contributed by atoms with Crippen molar-refractivity contribution >= 4 is 28.6 Å². The van der Waals surface area contributed by atoms with Crippen molar-refractivity contribution in [1.29, 1.82) is 0 Å². The third-order valence-corrected chi connectivity index (χ3v) is 6.98. The maximum absolute atomic E-state index is 12.6. The van der Waals surface area contributed by atoms with E-state index in [1.54, 1.807) is 0 Å². The molecule has 1 saturated heterocycles. The van der Waals surface area contributed by atoms with Gasteiger partial charge in [0.2, 0.25) is 0 Å². The molecule has 1 fully saturated rings. The molecule has 0 saturated carbocycles. The molecular weight excluding hydrogens is 468 g/mol. The Bertz CT molecular complexity index is 1280. The summed E-state index contributed by atoms with van der Waals surface area (Å²) in [7, 11) is 0. The molecule has 7 nitrogen and oxygen atoms in total. The number of likely N-dealkylation sites (tertiary alicyclic amines) is 1. The van der Waals surface area contributed by atoms with Crippen molar-refractivity contribution in [3.05, 3.63) is 95.6 Å². The third-order valence-electron chi connectivity index (χ3n) is 6.98. The van der Waals surface area contributed by atoms with Crippen LogP contribution >= 0.6 is 0 Å². The smallest absolute Gasteiger partial charge is 0.328 e. The summed E-state index contributed by atoms with van der Waals surface area (Å²) in [6, 6.07) is 23.5. The Morgan fingerprint density at radius 2 is 1.51 bits per heavy atom. The topological polar surface area (TPSA) is 98.1 Å². The van der Waals surface area contributed by atoms with E-state index in [1.165, 1.54) is 34.7 Å². The third kappa shape index (κ3) is 7.27. The van der Waals surface area contributed by atoms with Gasteiger partial charge < -0.3 is 20.0 Å². The monoisotopic (exact) mass is 500 g/mol. The summed E-state index contributed by atoms with van der Waals surface area (Å²) in [5.41, 5.74) is 3.51. The number of piperidine rings is 1. The fourth-order valence-corrected chi connectivity index (χ4v) is 4.99. The van der Waals surface area contributed by atoms with Crippen LogP contribution in [0.25, 0.3) is 10.8 Å². The summed E-state index contributed by atoms with van der Waals surface area (Å²) in [5, 5.41) is 18.3. The molecule has 2 N–H and O–H groups in total. The molecule has 2 aliphatic heterocycles. The van der Waals surface area contributed by atoms with Gasteiger partial charge in [0.1, 0.15) is 0 Å². The highest BCUT2D eigenvalue weighted by molar-refractivity contribution is 5.98. The predicted molar refractivity (Wildman–Crippen MR) is 142 cm³/mol. The SMILES string of the molecule is O=C(O)/C=C/C(=O)O.O=C1c2ccccc2CN1CC1CCN(CCc2ccc3ccccc3c2)CC1. The Balaban J connectivity index is 0.000000349. The molecule has 1 amide bonds. The minimum Gasteiger partial charge on any atom is -0.478 e. The first-order chi connectivity index (χ1) is 17.9. The van der Waals surface area contributed by atoms with Crippen molar-refractivity contribution in [2.45, 2.75) is 25.8 Å². The number of carbonyl (C=O) groups is 3. The highest BCUT2D eigenvalue weighted by atomic mass is 16.4. The maximum Gasteiger partial charge on any atom is 0.328 e. The zero-order valence-corrected chi connectivity index (χ0v) is 20.8. The first kappa shape index (κ1) is 26.1. The van der Waals surface area contributed by atoms with Crippen LogP contribution in [0.3, 0.4) is 0 Å². The number of carboxylic acids is 2. The molecule has 0 bridgehead atoms. The summed E-state index contributed by atoms with van der Waals surface area (Å²) in [5.74, 6) is -1.66. The summed E-state index contributed by atoms with van der Waals surface area (Å²) in [4.78, 5) is 36.4. The fraction of sp³-hybridized carbons (Fsp3) is 0.300. The summed E-state index contributed by atoms with van der Waals surface area (Å²) < 4.78 is 0. The largest absolute Gasteiger partial charge is 0.478 e. The van der Waals surface area contributed by atoms with Crippen LogP contribution in [0.4, 0.5) is 0 Å². The number of rotatable bonds is 7. The van der Waals surface area contributed by atoms with E-state index in [-0.39, 0.29) is 5.91 Å². The number of amides is 1. The Morgan fingerprint density at radius 3 is 2.19 bits per heavy atom. The number of hydrogen-bond donors (Lipinski definition) is 2. The molecule has 2 aliphatic rings. The first-order valence-electron chi connectivity index (χ1n) is 12.6. The highest BCUT2D eigenvalue weighted by Gasteiger charge is 2.30. The van der Waals surface area contributed by atoms with E-state index in [9.17, 15) is 14.4 Å². The highest BCUT2D eigenvalue weighted by Crippen LogP contribution is 2.26. The number of benzene rings is 3. The molecule has 0 atom stereocenters. The molecule has 0 aromatic heterocycles. The lowest BCUT2D eigenvalue weighted by atomic mass is 9.95. The van der Waals surface area contributed by atoms with Gasteiger partial charge >= 0.3 is 11.9 Å². The van der Waals surface area contributed by atoms with Crippen LogP contribution in [0.1, 0.15) is 34.3 Å². The van der Waals surface area contributed by atoms with E-state index in [1.807, 2.05) is 18.2 Å². The number of fused-ring (bicyclic) bond motifs is 2. The minimum absolute atomic E-state index is 0.222. The second-order valence-electron chi connectivity index (χ2n) is 9.57. The van der Waals surface area contributed by atoms with Gasteiger partial charge in [-0.25, -0.2) is 9.59 Å². The predicted octanol–water partition coefficient (Wildman–Crippen LogP) is 4.46. The Hall–Kier alpha value is -3.97. The van der Waals surface area contributed by atoms with Crippen LogP contribution in [0.5, 0.6) is 0 Å². The van der Waals surface area contributed by atoms with Gasteiger partial charge in [0.15, 0.2) is 0 Å². The van der Waals surface area contributed by atoms with Crippen LogP contribution in [-0.2, 0) is 22.6 Å². The Morgan fingerprint density at radius 1 is 0.865 bits per heavy atom. The van der Waals surface area contributed by atoms with E-state index in [2.05, 4.69) is 58.3 Å². The molecule has 3 aromatic rings. The van der Waals surface area contributed by atoms with Gasteiger partial charge in [-0.1, -0.05) is 60.7 Å². The molecule has 5 rings (SSSR count). The molecular formula is C30H32N2O5. The Labute approximate surface area is 216 Å². The second kappa shape index (κ2) is 12.3. The van der Waals surface area contributed by atoms with Crippen LogP contribution in [0, 0.1) is 5.92 Å². The number of carboxylic acid groups (broad SMARTS) is 2. The molecule has 3 aromatic carbocycles. The van der Waals surface area contributed by atoms with Gasteiger partial charge in [-0.05, 0) is 66.2 Å². The van der Waals surface area contributed by atoms with E-state index in [4.69, 9.17) is 10.2 Å². The Kier molecular flexibility index (Phi) is 8.69. The summed E-state index contributed by atoms with van der Waals surface area (Å²) in [6.45, 7) is 5.11. The van der Waals surface area contributed by atoms with Crippen molar-refractivity contribution in [2.75, 3.05) is 26.2 Å². The van der Waals surface area contributed by atoms with Crippen molar-refractivity contribution in [1.82, 2.24) is 9.80 Å². The number of carbonyl (C=O) groups excluding carboxylic acids is 1. The van der Waals surface area contributed by atoms with Crippen molar-refractivity contribution in [3.63, 3.8) is 0 Å². The molecule has 37 heavy (non-hydrogen) atoms. The molecule has 0 radical (unpaired) electrons. The average molecular weight is 501 g/mol. The van der Waals surface area contributed by atoms with Crippen molar-refractivity contribution < 1.29 is 24.6 Å². The normalized spacial score (nSPS) is 16.0.